The Bertz CT molecular complexity index is 611. The van der Waals surface area contributed by atoms with Crippen molar-refractivity contribution in [1.82, 2.24) is 5.32 Å². The van der Waals surface area contributed by atoms with Crippen LogP contribution in [0.25, 0.3) is 0 Å². The van der Waals surface area contributed by atoms with E-state index in [1.165, 1.54) is 0 Å². The lowest BCUT2D eigenvalue weighted by atomic mass is 10.00. The molecule has 1 heterocycles. The van der Waals surface area contributed by atoms with Gasteiger partial charge in [-0.15, -0.1) is 0 Å². The van der Waals surface area contributed by atoms with Gasteiger partial charge in [-0.3, -0.25) is 4.79 Å². The molecule has 4 heteroatoms. The first kappa shape index (κ1) is 13.9. The summed E-state index contributed by atoms with van der Waals surface area (Å²) in [6, 6.07) is 15.2. The summed E-state index contributed by atoms with van der Waals surface area (Å²) in [5, 5.41) is 11.9. The number of nitrogens with zero attached hydrogens (tertiary/aromatic N) is 1. The Morgan fingerprint density at radius 1 is 1.30 bits per heavy atom. The highest BCUT2D eigenvalue weighted by Gasteiger charge is 2.18. The molecule has 0 aliphatic rings. The molecule has 0 aliphatic heterocycles. The van der Waals surface area contributed by atoms with Crippen LogP contribution in [0.3, 0.4) is 0 Å². The lowest BCUT2D eigenvalue weighted by molar-refractivity contribution is -0.123. The monoisotopic (exact) mass is 268 g/mol. The Hall–Kier alpha value is -2.54. The maximum Gasteiger partial charge on any atom is 0.238 e. The predicted molar refractivity (Wildman–Crippen MR) is 74.5 cm³/mol. The van der Waals surface area contributed by atoms with Crippen molar-refractivity contribution in [3.8, 4) is 6.07 Å². The Morgan fingerprint density at radius 3 is 2.65 bits per heavy atom. The van der Waals surface area contributed by atoms with Crippen molar-refractivity contribution in [1.29, 1.82) is 5.26 Å². The molecule has 1 N–H and O–H groups in total. The van der Waals surface area contributed by atoms with E-state index in [1.807, 2.05) is 55.5 Å². The number of carbonyl (C=O) groups is 1. The summed E-state index contributed by atoms with van der Waals surface area (Å²) in [6.45, 7) is 2.15. The lowest BCUT2D eigenvalue weighted by Crippen LogP contribution is -2.30. The highest BCUT2D eigenvalue weighted by molar-refractivity contribution is 5.81. The van der Waals surface area contributed by atoms with E-state index in [-0.39, 0.29) is 5.91 Å². The molecule has 1 atom stereocenters. The number of furan rings is 1. The van der Waals surface area contributed by atoms with Gasteiger partial charge in [0.1, 0.15) is 17.4 Å². The first-order valence-electron chi connectivity index (χ1n) is 6.45. The van der Waals surface area contributed by atoms with Crippen molar-refractivity contribution in [2.24, 2.45) is 5.92 Å². The Balaban J connectivity index is 1.91. The van der Waals surface area contributed by atoms with Gasteiger partial charge in [0.15, 0.2) is 0 Å². The van der Waals surface area contributed by atoms with Crippen molar-refractivity contribution < 1.29 is 9.21 Å². The molecule has 102 valence electrons. The summed E-state index contributed by atoms with van der Waals surface area (Å²) < 4.78 is 5.37. The van der Waals surface area contributed by atoms with Gasteiger partial charge in [-0.1, -0.05) is 30.3 Å². The Labute approximate surface area is 118 Å². The summed E-state index contributed by atoms with van der Waals surface area (Å²) in [5.41, 5.74) is 0.975. The number of nitrogens with one attached hydrogen (secondary N) is 1. The van der Waals surface area contributed by atoms with E-state index >= 15 is 0 Å². The minimum atomic E-state index is -0.687. The normalized spacial score (nSPS) is 11.6. The molecule has 20 heavy (non-hydrogen) atoms. The number of hydrogen-bond acceptors (Lipinski definition) is 3. The number of rotatable bonds is 5. The topological polar surface area (TPSA) is 66.0 Å². The van der Waals surface area contributed by atoms with E-state index in [4.69, 9.17) is 9.68 Å². The van der Waals surface area contributed by atoms with Gasteiger partial charge in [-0.25, -0.2) is 0 Å². The van der Waals surface area contributed by atoms with E-state index in [1.54, 1.807) is 0 Å². The van der Waals surface area contributed by atoms with Crippen LogP contribution in [0.2, 0.25) is 0 Å². The lowest BCUT2D eigenvalue weighted by Gasteiger charge is -2.09. The SMILES string of the molecule is Cc1ccc(CNC(=O)C(C#N)Cc2ccccc2)o1. The number of carbonyl (C=O) groups excluding carboxylic acids is 1. The fraction of sp³-hybridized carbons (Fsp3) is 0.250. The molecule has 0 saturated heterocycles. The van der Waals surface area contributed by atoms with E-state index in [0.717, 1.165) is 11.3 Å². The molecule has 2 aromatic rings. The average Bonchev–Trinajstić information content (AvgIpc) is 2.89. The fourth-order valence-corrected chi connectivity index (χ4v) is 1.92. The van der Waals surface area contributed by atoms with Crippen LogP contribution in [-0.2, 0) is 17.8 Å². The maximum atomic E-state index is 12.0. The Kier molecular flexibility index (Phi) is 4.56. The molecule has 1 unspecified atom stereocenters. The second-order valence-corrected chi connectivity index (χ2v) is 4.60. The van der Waals surface area contributed by atoms with Crippen LogP contribution in [0, 0.1) is 24.2 Å². The maximum absolute atomic E-state index is 12.0. The third-order valence-corrected chi connectivity index (χ3v) is 2.99. The van der Waals surface area contributed by atoms with Gasteiger partial charge in [-0.2, -0.15) is 5.26 Å². The number of hydrogen-bond donors (Lipinski definition) is 1. The Morgan fingerprint density at radius 2 is 2.05 bits per heavy atom. The van der Waals surface area contributed by atoms with Gasteiger partial charge in [0.2, 0.25) is 5.91 Å². The molecule has 0 bridgehead atoms. The van der Waals surface area contributed by atoms with Crippen LogP contribution in [0.4, 0.5) is 0 Å². The molecule has 4 nitrogen and oxygen atoms in total. The zero-order chi connectivity index (χ0) is 14.4. The standard InChI is InChI=1S/C16H16N2O2/c1-12-7-8-15(20-12)11-18-16(19)14(10-17)9-13-5-3-2-4-6-13/h2-8,14H,9,11H2,1H3,(H,18,19). The first-order chi connectivity index (χ1) is 9.69. The van der Waals surface area contributed by atoms with E-state index in [0.29, 0.717) is 18.7 Å². The second-order valence-electron chi connectivity index (χ2n) is 4.60. The van der Waals surface area contributed by atoms with Gasteiger partial charge in [0.05, 0.1) is 12.6 Å². The largest absolute Gasteiger partial charge is 0.465 e. The highest BCUT2D eigenvalue weighted by Crippen LogP contribution is 2.10. The molecular weight excluding hydrogens is 252 g/mol. The average molecular weight is 268 g/mol. The third kappa shape index (κ3) is 3.72. The molecule has 0 fully saturated rings. The van der Waals surface area contributed by atoms with Crippen molar-refractivity contribution in [2.45, 2.75) is 19.9 Å². The van der Waals surface area contributed by atoms with Gasteiger partial charge < -0.3 is 9.73 Å². The summed E-state index contributed by atoms with van der Waals surface area (Å²) in [4.78, 5) is 12.0. The molecule has 0 aliphatic carbocycles. The fourth-order valence-electron chi connectivity index (χ4n) is 1.92. The van der Waals surface area contributed by atoms with E-state index in [2.05, 4.69) is 5.32 Å². The number of aryl methyl sites for hydroxylation is 1. The van der Waals surface area contributed by atoms with Crippen LogP contribution in [-0.4, -0.2) is 5.91 Å². The van der Waals surface area contributed by atoms with Crippen LogP contribution in [0.1, 0.15) is 17.1 Å². The molecule has 0 spiro atoms. The zero-order valence-electron chi connectivity index (χ0n) is 11.3. The smallest absolute Gasteiger partial charge is 0.238 e. The van der Waals surface area contributed by atoms with Crippen molar-refractivity contribution in [2.75, 3.05) is 0 Å². The van der Waals surface area contributed by atoms with E-state index < -0.39 is 5.92 Å². The van der Waals surface area contributed by atoms with Crippen LogP contribution >= 0.6 is 0 Å². The number of amides is 1. The van der Waals surface area contributed by atoms with Gasteiger partial charge in [-0.05, 0) is 31.0 Å². The molecule has 1 amide bonds. The summed E-state index contributed by atoms with van der Waals surface area (Å²) >= 11 is 0. The summed E-state index contributed by atoms with van der Waals surface area (Å²) in [5.74, 6) is 0.529. The van der Waals surface area contributed by atoms with Crippen LogP contribution < -0.4 is 5.32 Å². The van der Waals surface area contributed by atoms with Crippen molar-refractivity contribution in [3.63, 3.8) is 0 Å². The molecule has 1 aromatic heterocycles. The second kappa shape index (κ2) is 6.58. The molecular formula is C16H16N2O2. The van der Waals surface area contributed by atoms with Gasteiger partial charge in [0, 0.05) is 0 Å². The van der Waals surface area contributed by atoms with Crippen LogP contribution in [0.15, 0.2) is 46.9 Å². The van der Waals surface area contributed by atoms with Gasteiger partial charge >= 0.3 is 0 Å². The first-order valence-corrected chi connectivity index (χ1v) is 6.45. The van der Waals surface area contributed by atoms with E-state index in [9.17, 15) is 4.79 Å². The number of nitriles is 1. The number of benzene rings is 1. The third-order valence-electron chi connectivity index (χ3n) is 2.99. The molecule has 1 aromatic carbocycles. The minimum Gasteiger partial charge on any atom is -0.465 e. The quantitative estimate of drug-likeness (QED) is 0.906. The van der Waals surface area contributed by atoms with Crippen molar-refractivity contribution >= 4 is 5.91 Å². The highest BCUT2D eigenvalue weighted by atomic mass is 16.3. The molecule has 2 rings (SSSR count). The van der Waals surface area contributed by atoms with Crippen LogP contribution in [0.5, 0.6) is 0 Å². The van der Waals surface area contributed by atoms with Gasteiger partial charge in [0.25, 0.3) is 0 Å². The zero-order valence-corrected chi connectivity index (χ0v) is 11.3. The van der Waals surface area contributed by atoms with Crippen molar-refractivity contribution in [3.05, 3.63) is 59.5 Å². The minimum absolute atomic E-state index is 0.273. The molecule has 0 radical (unpaired) electrons. The summed E-state index contributed by atoms with van der Waals surface area (Å²) in [7, 11) is 0. The molecule has 0 saturated carbocycles. The predicted octanol–water partition coefficient (Wildman–Crippen LogP) is 2.59. The summed E-state index contributed by atoms with van der Waals surface area (Å²) in [6.07, 6.45) is 0.417.